The Bertz CT molecular complexity index is 600. The maximum absolute atomic E-state index is 12.0. The summed E-state index contributed by atoms with van der Waals surface area (Å²) in [6.45, 7) is -0.0676. The first-order chi connectivity index (χ1) is 9.67. The van der Waals surface area contributed by atoms with Gasteiger partial charge in [-0.3, -0.25) is 9.59 Å². The lowest BCUT2D eigenvalue weighted by Crippen LogP contribution is -2.36. The van der Waals surface area contributed by atoms with E-state index in [-0.39, 0.29) is 30.6 Å². The van der Waals surface area contributed by atoms with E-state index in [2.05, 4.69) is 10.6 Å². The maximum atomic E-state index is 12.0. The third-order valence-corrected chi connectivity index (χ3v) is 3.63. The van der Waals surface area contributed by atoms with Gasteiger partial charge in [0.2, 0.25) is 5.91 Å². The van der Waals surface area contributed by atoms with E-state index in [9.17, 15) is 9.59 Å². The maximum Gasteiger partial charge on any atom is 0.251 e. The normalized spacial score (nSPS) is 17.1. The fraction of sp³-hybridized carbons (Fsp3) is 0.500. The summed E-state index contributed by atoms with van der Waals surface area (Å²) in [7, 11) is 1.90. The zero-order chi connectivity index (χ0) is 14.5. The number of nitriles is 1. The second-order valence-corrected chi connectivity index (χ2v) is 4.83. The first kappa shape index (κ1) is 14.3. The van der Waals surface area contributed by atoms with Crippen molar-refractivity contribution >= 4 is 5.91 Å². The molecule has 0 aromatic carbocycles. The molecule has 6 nitrogen and oxygen atoms in total. The average molecular weight is 274 g/mol. The number of hydrogen-bond acceptors (Lipinski definition) is 4. The molecule has 0 saturated carbocycles. The number of carbonyl (C=O) groups is 1. The minimum atomic E-state index is -0.311. The number of amides is 1. The summed E-state index contributed by atoms with van der Waals surface area (Å²) < 4.78 is 1.52. The first-order valence-electron chi connectivity index (χ1n) is 6.71. The molecule has 20 heavy (non-hydrogen) atoms. The summed E-state index contributed by atoms with van der Waals surface area (Å²) in [5.41, 5.74) is 1.84. The summed E-state index contributed by atoms with van der Waals surface area (Å²) in [4.78, 5) is 23.7. The highest BCUT2D eigenvalue weighted by Gasteiger charge is 2.22. The molecule has 1 amide bonds. The quantitative estimate of drug-likeness (QED) is 0.762. The number of fused-ring (bicyclic) bond motifs is 1. The zero-order valence-electron chi connectivity index (χ0n) is 11.5. The molecular formula is C14H18N4O2. The molecule has 0 spiro atoms. The highest BCUT2D eigenvalue weighted by atomic mass is 16.2. The highest BCUT2D eigenvalue weighted by Crippen LogP contribution is 2.28. The Labute approximate surface area is 117 Å². The van der Waals surface area contributed by atoms with E-state index < -0.39 is 0 Å². The lowest BCUT2D eigenvalue weighted by atomic mass is 9.91. The summed E-state index contributed by atoms with van der Waals surface area (Å²) in [6.07, 6.45) is 2.82. The van der Waals surface area contributed by atoms with Gasteiger partial charge < -0.3 is 15.2 Å². The van der Waals surface area contributed by atoms with Crippen LogP contribution < -0.4 is 16.2 Å². The van der Waals surface area contributed by atoms with Gasteiger partial charge in [-0.2, -0.15) is 5.26 Å². The van der Waals surface area contributed by atoms with Gasteiger partial charge in [0.25, 0.3) is 5.56 Å². The molecule has 1 aliphatic carbocycles. The molecule has 0 fully saturated rings. The average Bonchev–Trinajstić information content (AvgIpc) is 2.47. The van der Waals surface area contributed by atoms with Gasteiger partial charge in [-0.05, 0) is 31.9 Å². The number of pyridine rings is 1. The van der Waals surface area contributed by atoms with Crippen molar-refractivity contribution in [3.05, 3.63) is 33.7 Å². The number of nitrogens with one attached hydrogen (secondary N) is 2. The highest BCUT2D eigenvalue weighted by molar-refractivity contribution is 5.76. The molecule has 1 unspecified atom stereocenters. The Kier molecular flexibility index (Phi) is 4.53. The topological polar surface area (TPSA) is 86.9 Å². The summed E-state index contributed by atoms with van der Waals surface area (Å²) >= 11 is 0. The molecular weight excluding hydrogens is 256 g/mol. The molecule has 1 heterocycles. The largest absolute Gasteiger partial charge is 0.341 e. The SMILES string of the molecule is CNC1CCCc2c1ccc(=O)n2CC(=O)NCC#N. The van der Waals surface area contributed by atoms with Crippen molar-refractivity contribution in [3.63, 3.8) is 0 Å². The van der Waals surface area contributed by atoms with Crippen molar-refractivity contribution in [2.24, 2.45) is 0 Å². The van der Waals surface area contributed by atoms with Crippen molar-refractivity contribution < 1.29 is 4.79 Å². The van der Waals surface area contributed by atoms with Gasteiger partial charge in [-0.1, -0.05) is 6.07 Å². The van der Waals surface area contributed by atoms with Gasteiger partial charge in [0.05, 0.1) is 6.07 Å². The molecule has 1 atom stereocenters. The molecule has 2 N–H and O–H groups in total. The van der Waals surface area contributed by atoms with Crippen molar-refractivity contribution in [2.75, 3.05) is 13.6 Å². The Morgan fingerprint density at radius 1 is 1.55 bits per heavy atom. The minimum absolute atomic E-state index is 0.0277. The van der Waals surface area contributed by atoms with E-state index in [4.69, 9.17) is 5.26 Å². The number of rotatable bonds is 4. The molecule has 2 rings (SSSR count). The smallest absolute Gasteiger partial charge is 0.251 e. The fourth-order valence-electron chi connectivity index (χ4n) is 2.67. The van der Waals surface area contributed by atoms with Crippen LogP contribution in [-0.2, 0) is 17.8 Å². The van der Waals surface area contributed by atoms with Crippen LogP contribution in [0.15, 0.2) is 16.9 Å². The number of nitrogens with zero attached hydrogens (tertiary/aromatic N) is 2. The molecule has 1 aromatic rings. The van der Waals surface area contributed by atoms with E-state index in [0.29, 0.717) is 0 Å². The van der Waals surface area contributed by atoms with Gasteiger partial charge >= 0.3 is 0 Å². The standard InChI is InChI=1S/C14H18N4O2/c1-16-11-3-2-4-12-10(11)5-6-14(20)18(12)9-13(19)17-8-7-15/h5-6,11,16H,2-4,8-9H2,1H3,(H,17,19). The Balaban J connectivity index is 2.31. The molecule has 0 saturated heterocycles. The Morgan fingerprint density at radius 2 is 2.35 bits per heavy atom. The lowest BCUT2D eigenvalue weighted by Gasteiger charge is -2.27. The van der Waals surface area contributed by atoms with Crippen LogP contribution in [0.3, 0.4) is 0 Å². The van der Waals surface area contributed by atoms with Crippen molar-refractivity contribution in [2.45, 2.75) is 31.8 Å². The second-order valence-electron chi connectivity index (χ2n) is 4.83. The zero-order valence-corrected chi connectivity index (χ0v) is 11.5. The third-order valence-electron chi connectivity index (χ3n) is 3.63. The minimum Gasteiger partial charge on any atom is -0.341 e. The molecule has 0 aliphatic heterocycles. The van der Waals surface area contributed by atoms with Crippen molar-refractivity contribution in [1.82, 2.24) is 15.2 Å². The van der Waals surface area contributed by atoms with Gasteiger partial charge in [-0.15, -0.1) is 0 Å². The van der Waals surface area contributed by atoms with E-state index >= 15 is 0 Å². The van der Waals surface area contributed by atoms with Crippen LogP contribution in [0.1, 0.15) is 30.1 Å². The summed E-state index contributed by atoms with van der Waals surface area (Å²) in [6, 6.07) is 5.43. The Morgan fingerprint density at radius 3 is 3.05 bits per heavy atom. The van der Waals surface area contributed by atoms with E-state index in [1.165, 1.54) is 10.6 Å². The molecule has 0 bridgehead atoms. The number of aromatic nitrogens is 1. The summed E-state index contributed by atoms with van der Waals surface area (Å²) in [5.74, 6) is -0.311. The van der Waals surface area contributed by atoms with Crippen LogP contribution >= 0.6 is 0 Å². The van der Waals surface area contributed by atoms with Crippen molar-refractivity contribution in [1.29, 1.82) is 5.26 Å². The van der Waals surface area contributed by atoms with Crippen LogP contribution in [0.4, 0.5) is 0 Å². The van der Waals surface area contributed by atoms with Crippen LogP contribution in [0.5, 0.6) is 0 Å². The van der Waals surface area contributed by atoms with Gasteiger partial charge in [-0.25, -0.2) is 0 Å². The van der Waals surface area contributed by atoms with Crippen molar-refractivity contribution in [3.8, 4) is 6.07 Å². The van der Waals surface area contributed by atoms with Gasteiger partial charge in [0.1, 0.15) is 13.1 Å². The van der Waals surface area contributed by atoms with Crippen LogP contribution in [0, 0.1) is 11.3 Å². The molecule has 1 aromatic heterocycles. The molecule has 1 aliphatic rings. The van der Waals surface area contributed by atoms with Crippen LogP contribution in [0.25, 0.3) is 0 Å². The van der Waals surface area contributed by atoms with E-state index in [0.717, 1.165) is 30.5 Å². The molecule has 106 valence electrons. The summed E-state index contributed by atoms with van der Waals surface area (Å²) in [5, 5.41) is 14.2. The van der Waals surface area contributed by atoms with Gasteiger partial charge in [0, 0.05) is 17.8 Å². The fourth-order valence-corrected chi connectivity index (χ4v) is 2.67. The van der Waals surface area contributed by atoms with Crippen LogP contribution in [-0.4, -0.2) is 24.1 Å². The second kappa shape index (κ2) is 6.35. The predicted octanol–water partition coefficient (Wildman–Crippen LogP) is 0.0849. The van der Waals surface area contributed by atoms with E-state index in [1.54, 1.807) is 0 Å². The monoisotopic (exact) mass is 274 g/mol. The lowest BCUT2D eigenvalue weighted by molar-refractivity contribution is -0.121. The third kappa shape index (κ3) is 2.89. The van der Waals surface area contributed by atoms with Crippen LogP contribution in [0.2, 0.25) is 0 Å². The first-order valence-corrected chi connectivity index (χ1v) is 6.71. The molecule has 0 radical (unpaired) electrons. The van der Waals surface area contributed by atoms with Gasteiger partial charge in [0.15, 0.2) is 0 Å². The number of hydrogen-bond donors (Lipinski definition) is 2. The predicted molar refractivity (Wildman–Crippen MR) is 74.1 cm³/mol. The number of carbonyl (C=O) groups excluding carboxylic acids is 1. The Hall–Kier alpha value is -2.13. The molecule has 6 heteroatoms. The van der Waals surface area contributed by atoms with E-state index in [1.807, 2.05) is 19.2 Å².